The summed E-state index contributed by atoms with van der Waals surface area (Å²) in [5.74, 6) is 0.949. The first kappa shape index (κ1) is 15.4. The number of aromatic nitrogens is 2. The van der Waals surface area contributed by atoms with Gasteiger partial charge < -0.3 is 14.6 Å². The smallest absolute Gasteiger partial charge is 0.203 e. The molecule has 1 heterocycles. The number of imidazole rings is 1. The normalized spacial score (nSPS) is 14.5. The fourth-order valence-electron chi connectivity index (χ4n) is 1.81. The number of methoxy groups -OCH3 is 1. The minimum atomic E-state index is 0.302. The minimum Gasteiger partial charge on any atom is -0.383 e. The van der Waals surface area contributed by atoms with Gasteiger partial charge in [0.05, 0.1) is 18.3 Å². The van der Waals surface area contributed by atoms with Crippen molar-refractivity contribution in [1.29, 1.82) is 0 Å². The fourth-order valence-corrected chi connectivity index (χ4v) is 2.16. The van der Waals surface area contributed by atoms with Gasteiger partial charge in [0, 0.05) is 25.1 Å². The van der Waals surface area contributed by atoms with Gasteiger partial charge in [-0.05, 0) is 26.5 Å². The fraction of sp³-hybridized carbons (Fsp3) is 0.769. The molecule has 0 amide bonds. The number of nitrogens with zero attached hydrogens (tertiary/aromatic N) is 2. The van der Waals surface area contributed by atoms with Crippen LogP contribution >= 0.6 is 11.8 Å². The van der Waals surface area contributed by atoms with E-state index in [1.165, 1.54) is 0 Å². The highest BCUT2D eigenvalue weighted by atomic mass is 32.2. The minimum absolute atomic E-state index is 0.302. The van der Waals surface area contributed by atoms with Gasteiger partial charge in [0.1, 0.15) is 0 Å². The second-order valence-corrected chi connectivity index (χ2v) is 5.96. The number of ether oxygens (including phenoxy) is 1. The van der Waals surface area contributed by atoms with E-state index in [4.69, 9.17) is 4.74 Å². The lowest BCUT2D eigenvalue weighted by atomic mass is 10.3. The number of nitrogens with one attached hydrogen (secondary N) is 1. The molecule has 0 radical (unpaired) electrons. The van der Waals surface area contributed by atoms with Gasteiger partial charge in [-0.25, -0.2) is 4.98 Å². The summed E-state index contributed by atoms with van der Waals surface area (Å²) >= 11 is 1.90. The molecule has 0 aliphatic rings. The highest BCUT2D eigenvalue weighted by molar-refractivity contribution is 7.99. The Morgan fingerprint density at radius 2 is 2.22 bits per heavy atom. The monoisotopic (exact) mass is 271 g/mol. The number of aryl methyl sites for hydroxylation is 1. The molecule has 1 aromatic heterocycles. The Bertz CT molecular complexity index is 354. The van der Waals surface area contributed by atoms with Crippen molar-refractivity contribution in [3.8, 4) is 0 Å². The number of rotatable bonds is 8. The van der Waals surface area contributed by atoms with E-state index in [2.05, 4.69) is 41.2 Å². The molecule has 0 saturated heterocycles. The highest BCUT2D eigenvalue weighted by Gasteiger charge is 2.11. The van der Waals surface area contributed by atoms with Crippen LogP contribution in [0.2, 0.25) is 0 Å². The Kier molecular flexibility index (Phi) is 6.57. The van der Waals surface area contributed by atoms with Crippen LogP contribution in [0.5, 0.6) is 0 Å². The molecule has 0 aliphatic heterocycles. The van der Waals surface area contributed by atoms with Crippen LogP contribution in [0.3, 0.4) is 0 Å². The van der Waals surface area contributed by atoms with Gasteiger partial charge in [0.15, 0.2) is 0 Å². The van der Waals surface area contributed by atoms with E-state index in [9.17, 15) is 0 Å². The molecular formula is C13H25N3OS. The summed E-state index contributed by atoms with van der Waals surface area (Å²) in [4.78, 5) is 4.53. The molecule has 0 aliphatic carbocycles. The van der Waals surface area contributed by atoms with Crippen LogP contribution in [0.1, 0.15) is 32.0 Å². The molecule has 2 atom stereocenters. The third-order valence-corrected chi connectivity index (χ3v) is 4.01. The molecule has 2 unspecified atom stereocenters. The predicted octanol–water partition coefficient (Wildman–Crippen LogP) is 2.95. The Hall–Kier alpha value is -0.680. The van der Waals surface area contributed by atoms with Crippen molar-refractivity contribution in [2.75, 3.05) is 31.8 Å². The van der Waals surface area contributed by atoms with E-state index in [-0.39, 0.29) is 0 Å². The molecule has 0 fully saturated rings. The first-order valence-electron chi connectivity index (χ1n) is 6.39. The van der Waals surface area contributed by atoms with Gasteiger partial charge in [-0.3, -0.25) is 0 Å². The zero-order valence-corrected chi connectivity index (χ0v) is 12.9. The largest absolute Gasteiger partial charge is 0.383 e. The molecule has 1 rings (SSSR count). The molecule has 0 spiro atoms. The van der Waals surface area contributed by atoms with Crippen LogP contribution in [-0.4, -0.2) is 41.3 Å². The van der Waals surface area contributed by atoms with Crippen molar-refractivity contribution in [1.82, 2.24) is 9.55 Å². The summed E-state index contributed by atoms with van der Waals surface area (Å²) in [6.07, 6.45) is 5.37. The van der Waals surface area contributed by atoms with Crippen LogP contribution in [0.25, 0.3) is 0 Å². The molecule has 5 heteroatoms. The second-order valence-electron chi connectivity index (χ2n) is 4.68. The quantitative estimate of drug-likeness (QED) is 0.789. The maximum Gasteiger partial charge on any atom is 0.203 e. The lowest BCUT2D eigenvalue weighted by Crippen LogP contribution is -2.16. The van der Waals surface area contributed by atoms with Gasteiger partial charge in [0.25, 0.3) is 0 Å². The second kappa shape index (κ2) is 7.69. The molecule has 18 heavy (non-hydrogen) atoms. The molecule has 0 saturated carbocycles. The molecule has 1 N–H and O–H groups in total. The van der Waals surface area contributed by atoms with Crippen LogP contribution in [0.15, 0.2) is 6.20 Å². The Balaban J connectivity index is 2.58. The molecule has 1 aromatic rings. The number of thioether (sulfide) groups is 1. The van der Waals surface area contributed by atoms with Crippen molar-refractivity contribution in [3.63, 3.8) is 0 Å². The highest BCUT2D eigenvalue weighted by Crippen LogP contribution is 2.17. The zero-order valence-electron chi connectivity index (χ0n) is 12.1. The summed E-state index contributed by atoms with van der Waals surface area (Å²) in [6.45, 7) is 8.06. The molecule has 0 bridgehead atoms. The maximum absolute atomic E-state index is 5.20. The van der Waals surface area contributed by atoms with Crippen molar-refractivity contribution in [3.05, 3.63) is 11.9 Å². The van der Waals surface area contributed by atoms with Crippen LogP contribution in [0, 0.1) is 6.92 Å². The summed E-state index contributed by atoms with van der Waals surface area (Å²) < 4.78 is 7.36. The standard InChI is InChI=1S/C13H25N3OS/c1-10-8-16(11(2)9-17-4)13(15-10)14-7-6-12(3)18-5/h8,11-12H,6-7,9H2,1-5H3,(H,14,15). The summed E-state index contributed by atoms with van der Waals surface area (Å²) in [5.41, 5.74) is 1.04. The van der Waals surface area contributed by atoms with E-state index in [0.717, 1.165) is 24.6 Å². The SMILES string of the molecule is COCC(C)n1cc(C)nc1NCCC(C)SC. The molecule has 104 valence electrons. The van der Waals surface area contributed by atoms with E-state index in [1.807, 2.05) is 18.7 Å². The first-order valence-corrected chi connectivity index (χ1v) is 7.68. The third kappa shape index (κ3) is 4.53. The van der Waals surface area contributed by atoms with Crippen LogP contribution in [-0.2, 0) is 4.74 Å². The summed E-state index contributed by atoms with van der Waals surface area (Å²) in [5, 5.41) is 4.10. The van der Waals surface area contributed by atoms with E-state index >= 15 is 0 Å². The van der Waals surface area contributed by atoms with Gasteiger partial charge >= 0.3 is 0 Å². The van der Waals surface area contributed by atoms with Crippen LogP contribution in [0.4, 0.5) is 5.95 Å². The lowest BCUT2D eigenvalue weighted by molar-refractivity contribution is 0.163. The lowest BCUT2D eigenvalue weighted by Gasteiger charge is -2.16. The molecule has 4 nitrogen and oxygen atoms in total. The number of anilines is 1. The van der Waals surface area contributed by atoms with Crippen molar-refractivity contribution >= 4 is 17.7 Å². The Morgan fingerprint density at radius 3 is 2.83 bits per heavy atom. The summed E-state index contributed by atoms with van der Waals surface area (Å²) in [6, 6.07) is 0.302. The van der Waals surface area contributed by atoms with Crippen molar-refractivity contribution in [2.45, 2.75) is 38.5 Å². The van der Waals surface area contributed by atoms with Crippen LogP contribution < -0.4 is 5.32 Å². The predicted molar refractivity (Wildman–Crippen MR) is 79.6 cm³/mol. The van der Waals surface area contributed by atoms with E-state index < -0.39 is 0 Å². The summed E-state index contributed by atoms with van der Waals surface area (Å²) in [7, 11) is 1.73. The maximum atomic E-state index is 5.20. The Morgan fingerprint density at radius 1 is 1.50 bits per heavy atom. The Labute approximate surface area is 115 Å². The molecule has 0 aromatic carbocycles. The third-order valence-electron chi connectivity index (χ3n) is 2.97. The first-order chi connectivity index (χ1) is 8.58. The van der Waals surface area contributed by atoms with Gasteiger partial charge in [-0.2, -0.15) is 11.8 Å². The van der Waals surface area contributed by atoms with Gasteiger partial charge in [0.2, 0.25) is 5.95 Å². The van der Waals surface area contributed by atoms with Crippen molar-refractivity contribution < 1.29 is 4.74 Å². The zero-order chi connectivity index (χ0) is 13.5. The van der Waals surface area contributed by atoms with E-state index in [0.29, 0.717) is 17.9 Å². The average Bonchev–Trinajstić information content (AvgIpc) is 2.70. The van der Waals surface area contributed by atoms with Crippen molar-refractivity contribution in [2.24, 2.45) is 0 Å². The number of hydrogen-bond donors (Lipinski definition) is 1. The molecular weight excluding hydrogens is 246 g/mol. The average molecular weight is 271 g/mol. The number of hydrogen-bond acceptors (Lipinski definition) is 4. The van der Waals surface area contributed by atoms with Gasteiger partial charge in [-0.15, -0.1) is 0 Å². The topological polar surface area (TPSA) is 39.1 Å². The van der Waals surface area contributed by atoms with Gasteiger partial charge in [-0.1, -0.05) is 6.92 Å². The van der Waals surface area contributed by atoms with E-state index in [1.54, 1.807) is 7.11 Å².